The van der Waals surface area contributed by atoms with Gasteiger partial charge in [-0.05, 0) is 54.8 Å². The molecule has 0 saturated carbocycles. The summed E-state index contributed by atoms with van der Waals surface area (Å²) < 4.78 is 1.79. The monoisotopic (exact) mass is 522 g/mol. The highest BCUT2D eigenvalue weighted by Gasteiger charge is 2.17. The molecule has 1 heterocycles. The summed E-state index contributed by atoms with van der Waals surface area (Å²) in [5.41, 5.74) is 4.44. The lowest BCUT2D eigenvalue weighted by molar-refractivity contribution is -0.384. The number of urea groups is 1. The van der Waals surface area contributed by atoms with E-state index >= 15 is 0 Å². The van der Waals surface area contributed by atoms with Crippen molar-refractivity contribution in [3.63, 3.8) is 0 Å². The molecule has 0 aliphatic carbocycles. The Kier molecular flexibility index (Phi) is 7.87. The number of non-ortho nitro benzene ring substituents is 1. The fourth-order valence-electron chi connectivity index (χ4n) is 3.41. The minimum absolute atomic E-state index is 0.0169. The van der Waals surface area contributed by atoms with Crippen LogP contribution < -0.4 is 10.6 Å². The number of hydrogen-bond acceptors (Lipinski definition) is 6. The van der Waals surface area contributed by atoms with Gasteiger partial charge in [0.15, 0.2) is 11.0 Å². The van der Waals surface area contributed by atoms with E-state index in [9.17, 15) is 14.9 Å². The fourth-order valence-corrected chi connectivity index (χ4v) is 4.64. The summed E-state index contributed by atoms with van der Waals surface area (Å²) in [6.07, 6.45) is 0. The molecule has 0 bridgehead atoms. The lowest BCUT2D eigenvalue weighted by Gasteiger charge is -2.12. The van der Waals surface area contributed by atoms with Crippen molar-refractivity contribution in [3.05, 3.63) is 104 Å². The fraction of sp³-hybridized carbons (Fsp3) is 0.160. The van der Waals surface area contributed by atoms with Crippen molar-refractivity contribution >= 4 is 40.8 Å². The van der Waals surface area contributed by atoms with Crippen LogP contribution in [0.25, 0.3) is 5.69 Å². The Morgan fingerprint density at radius 2 is 1.81 bits per heavy atom. The molecule has 1 aromatic heterocycles. The summed E-state index contributed by atoms with van der Waals surface area (Å²) >= 11 is 7.63. The number of aromatic nitrogens is 3. The van der Waals surface area contributed by atoms with Crippen LogP contribution in [-0.4, -0.2) is 25.7 Å². The minimum Gasteiger partial charge on any atom is -0.331 e. The van der Waals surface area contributed by atoms with E-state index in [-0.39, 0.29) is 12.2 Å². The van der Waals surface area contributed by atoms with E-state index in [4.69, 9.17) is 11.6 Å². The molecule has 0 saturated heterocycles. The molecule has 3 aromatic carbocycles. The number of aryl methyl sites for hydroxylation is 2. The van der Waals surface area contributed by atoms with Gasteiger partial charge in [0.25, 0.3) is 5.69 Å². The zero-order chi connectivity index (χ0) is 25.7. The number of nitro groups is 1. The number of rotatable bonds is 8. The summed E-state index contributed by atoms with van der Waals surface area (Å²) in [4.78, 5) is 23.1. The number of nitrogens with one attached hydrogen (secondary N) is 2. The van der Waals surface area contributed by atoms with E-state index in [0.29, 0.717) is 33.1 Å². The number of benzene rings is 3. The zero-order valence-electron chi connectivity index (χ0n) is 19.6. The molecule has 0 radical (unpaired) electrons. The maximum atomic E-state index is 12.5. The van der Waals surface area contributed by atoms with Gasteiger partial charge in [0.1, 0.15) is 0 Å². The average Bonchev–Trinajstić information content (AvgIpc) is 3.27. The first kappa shape index (κ1) is 25.2. The van der Waals surface area contributed by atoms with Crippen molar-refractivity contribution in [2.45, 2.75) is 31.3 Å². The van der Waals surface area contributed by atoms with Crippen molar-refractivity contribution in [1.29, 1.82) is 0 Å². The second-order valence-corrected chi connectivity index (χ2v) is 9.34. The van der Waals surface area contributed by atoms with E-state index in [1.165, 1.54) is 29.5 Å². The van der Waals surface area contributed by atoms with Gasteiger partial charge in [-0.15, -0.1) is 10.2 Å². The van der Waals surface area contributed by atoms with E-state index < -0.39 is 11.0 Å². The lowest BCUT2D eigenvalue weighted by atomic mass is 10.1. The van der Waals surface area contributed by atoms with Crippen LogP contribution in [0.2, 0.25) is 5.02 Å². The summed E-state index contributed by atoms with van der Waals surface area (Å²) in [5.74, 6) is 1.15. The number of hydrogen-bond donors (Lipinski definition) is 2. The largest absolute Gasteiger partial charge is 0.331 e. The maximum absolute atomic E-state index is 12.5. The van der Waals surface area contributed by atoms with Crippen LogP contribution in [-0.2, 0) is 12.3 Å². The number of anilines is 1. The highest BCUT2D eigenvalue weighted by molar-refractivity contribution is 7.98. The second kappa shape index (κ2) is 11.2. The van der Waals surface area contributed by atoms with Gasteiger partial charge in [-0.3, -0.25) is 14.7 Å². The predicted molar refractivity (Wildman–Crippen MR) is 141 cm³/mol. The summed E-state index contributed by atoms with van der Waals surface area (Å²) in [6.45, 7) is 4.01. The standard InChI is InChI=1S/C25H23ClN6O3S/c1-16-5-3-4-6-18(16)15-36-25-30-29-23(31(25)20-9-11-21(12-10-20)32(34)35)14-27-24(33)28-19-8-7-17(2)22(26)13-19/h3-13H,14-15H2,1-2H3,(H2,27,28,33). The van der Waals surface area contributed by atoms with Crippen LogP contribution >= 0.6 is 23.4 Å². The van der Waals surface area contributed by atoms with Crippen molar-refractivity contribution < 1.29 is 9.72 Å². The molecule has 2 N–H and O–H groups in total. The SMILES string of the molecule is Cc1ccc(NC(=O)NCc2nnc(SCc3ccccc3C)n2-c2ccc([N+](=O)[O-])cc2)cc1Cl. The van der Waals surface area contributed by atoms with Gasteiger partial charge < -0.3 is 10.6 Å². The van der Waals surface area contributed by atoms with E-state index in [0.717, 1.165) is 11.1 Å². The molecule has 4 aromatic rings. The Morgan fingerprint density at radius 1 is 1.06 bits per heavy atom. The number of nitro benzene ring substituents is 1. The van der Waals surface area contributed by atoms with Gasteiger partial charge in [-0.2, -0.15) is 0 Å². The van der Waals surface area contributed by atoms with Crippen LogP contribution in [0.15, 0.2) is 71.9 Å². The second-order valence-electron chi connectivity index (χ2n) is 7.99. The van der Waals surface area contributed by atoms with Gasteiger partial charge in [-0.25, -0.2) is 4.79 Å². The van der Waals surface area contributed by atoms with Gasteiger partial charge in [-0.1, -0.05) is 53.7 Å². The van der Waals surface area contributed by atoms with Gasteiger partial charge in [0.2, 0.25) is 0 Å². The lowest BCUT2D eigenvalue weighted by Crippen LogP contribution is -2.29. The molecule has 0 spiro atoms. The molecule has 0 fully saturated rings. The van der Waals surface area contributed by atoms with Crippen molar-refractivity contribution in [1.82, 2.24) is 20.1 Å². The van der Waals surface area contributed by atoms with Gasteiger partial charge in [0, 0.05) is 34.3 Å². The van der Waals surface area contributed by atoms with Gasteiger partial charge in [0.05, 0.1) is 11.5 Å². The van der Waals surface area contributed by atoms with Crippen LogP contribution in [0.1, 0.15) is 22.5 Å². The number of halogens is 1. The number of nitrogens with zero attached hydrogens (tertiary/aromatic N) is 4. The van der Waals surface area contributed by atoms with Crippen LogP contribution in [0.4, 0.5) is 16.2 Å². The Hall–Kier alpha value is -3.89. The molecular weight excluding hydrogens is 500 g/mol. The number of amides is 2. The Morgan fingerprint density at radius 3 is 2.50 bits per heavy atom. The van der Waals surface area contributed by atoms with Crippen molar-refractivity contribution in [2.24, 2.45) is 0 Å². The highest BCUT2D eigenvalue weighted by atomic mass is 35.5. The molecule has 11 heteroatoms. The predicted octanol–water partition coefficient (Wildman–Crippen LogP) is 6.06. The first-order valence-corrected chi connectivity index (χ1v) is 12.4. The minimum atomic E-state index is -0.450. The molecule has 0 unspecified atom stereocenters. The van der Waals surface area contributed by atoms with E-state index in [1.54, 1.807) is 28.8 Å². The highest BCUT2D eigenvalue weighted by Crippen LogP contribution is 2.27. The molecule has 0 atom stereocenters. The topological polar surface area (TPSA) is 115 Å². The third kappa shape index (κ3) is 6.02. The Labute approximate surface area is 217 Å². The molecule has 2 amide bonds. The quantitative estimate of drug-likeness (QED) is 0.165. The third-order valence-corrected chi connectivity index (χ3v) is 6.86. The van der Waals surface area contributed by atoms with Gasteiger partial charge >= 0.3 is 6.03 Å². The molecule has 4 rings (SSSR count). The molecule has 0 aliphatic heterocycles. The van der Waals surface area contributed by atoms with Crippen molar-refractivity contribution in [2.75, 3.05) is 5.32 Å². The number of carbonyl (C=O) groups excluding carboxylic acids is 1. The smallest absolute Gasteiger partial charge is 0.319 e. The number of carbonyl (C=O) groups is 1. The average molecular weight is 523 g/mol. The van der Waals surface area contributed by atoms with Crippen LogP contribution in [0.3, 0.4) is 0 Å². The van der Waals surface area contributed by atoms with E-state index in [1.807, 2.05) is 38.1 Å². The van der Waals surface area contributed by atoms with Crippen molar-refractivity contribution in [3.8, 4) is 5.69 Å². The third-order valence-electron chi connectivity index (χ3n) is 5.47. The van der Waals surface area contributed by atoms with Crippen LogP contribution in [0, 0.1) is 24.0 Å². The molecule has 184 valence electrons. The molecule has 9 nitrogen and oxygen atoms in total. The summed E-state index contributed by atoms with van der Waals surface area (Å²) in [7, 11) is 0. The molecule has 36 heavy (non-hydrogen) atoms. The number of thioether (sulfide) groups is 1. The first-order valence-electron chi connectivity index (χ1n) is 11.0. The van der Waals surface area contributed by atoms with E-state index in [2.05, 4.69) is 26.9 Å². The molecular formula is C25H23ClN6O3S. The summed E-state index contributed by atoms with van der Waals surface area (Å²) in [5, 5.41) is 26.4. The maximum Gasteiger partial charge on any atom is 0.319 e. The Balaban J connectivity index is 1.54. The summed E-state index contributed by atoms with van der Waals surface area (Å²) in [6, 6.07) is 19.0. The Bertz CT molecular complexity index is 1410. The van der Waals surface area contributed by atoms with Crippen LogP contribution in [0.5, 0.6) is 0 Å². The first-order chi connectivity index (χ1) is 17.3. The normalized spacial score (nSPS) is 10.8. The molecule has 0 aliphatic rings. The zero-order valence-corrected chi connectivity index (χ0v) is 21.1.